The molecule has 2 N–H and O–H groups in total. The Morgan fingerprint density at radius 1 is 1.11 bits per heavy atom. The van der Waals surface area contributed by atoms with Crippen LogP contribution in [-0.4, -0.2) is 70.7 Å². The van der Waals surface area contributed by atoms with Gasteiger partial charge in [-0.25, -0.2) is 4.98 Å². The zero-order chi connectivity index (χ0) is 25.7. The highest BCUT2D eigenvalue weighted by atomic mass is 32.1. The van der Waals surface area contributed by atoms with E-state index in [1.54, 1.807) is 0 Å². The number of rotatable bonds is 9. The number of amides is 1. The first kappa shape index (κ1) is 26.4. The molecular weight excluding hydrogens is 470 g/mol. The topological polar surface area (TPSA) is 77.8 Å². The van der Waals surface area contributed by atoms with Crippen LogP contribution in [0.25, 0.3) is 16.2 Å². The molecule has 0 bridgehead atoms. The highest BCUT2D eigenvalue weighted by molar-refractivity contribution is 7.20. The molecule has 1 fully saturated rings. The van der Waals surface area contributed by atoms with Gasteiger partial charge in [-0.1, -0.05) is 54.0 Å². The third-order valence-corrected chi connectivity index (χ3v) is 7.41. The average Bonchev–Trinajstić information content (AvgIpc) is 3.25. The number of likely N-dealkylation sites (N-methyl/N-ethyl adjacent to an activating group) is 1. The van der Waals surface area contributed by atoms with E-state index in [2.05, 4.69) is 67.5 Å². The van der Waals surface area contributed by atoms with E-state index >= 15 is 0 Å². The van der Waals surface area contributed by atoms with Crippen LogP contribution in [0.5, 0.6) is 0 Å². The third kappa shape index (κ3) is 6.97. The molecule has 196 valence electrons. The smallest absolute Gasteiger partial charge is 0.239 e. The lowest BCUT2D eigenvalue weighted by molar-refractivity contribution is -0.119. The summed E-state index contributed by atoms with van der Waals surface area (Å²) in [6, 6.07) is 8.39. The Hall–Kier alpha value is -2.65. The van der Waals surface area contributed by atoms with Crippen molar-refractivity contribution in [3.05, 3.63) is 29.8 Å². The summed E-state index contributed by atoms with van der Waals surface area (Å²) in [6.07, 6.45) is 6.29. The van der Waals surface area contributed by atoms with E-state index in [4.69, 9.17) is 10.1 Å². The summed E-state index contributed by atoms with van der Waals surface area (Å²) in [7, 11) is 1.91. The number of aromatic nitrogens is 3. The summed E-state index contributed by atoms with van der Waals surface area (Å²) >= 11 is 1.50. The molecule has 36 heavy (non-hydrogen) atoms. The van der Waals surface area contributed by atoms with Crippen molar-refractivity contribution in [2.45, 2.75) is 65.3 Å². The molecule has 0 aliphatic carbocycles. The van der Waals surface area contributed by atoms with Gasteiger partial charge in [0.05, 0.1) is 6.54 Å². The van der Waals surface area contributed by atoms with Gasteiger partial charge in [0.1, 0.15) is 5.69 Å². The van der Waals surface area contributed by atoms with E-state index in [1.165, 1.54) is 55.7 Å². The quantitative estimate of drug-likeness (QED) is 0.402. The molecule has 0 atom stereocenters. The average molecular weight is 512 g/mol. The monoisotopic (exact) mass is 511 g/mol. The van der Waals surface area contributed by atoms with Gasteiger partial charge in [0, 0.05) is 24.7 Å². The molecule has 1 aliphatic heterocycles. The molecule has 1 amide bonds. The molecule has 1 aromatic carbocycles. The Labute approximate surface area is 219 Å². The first-order chi connectivity index (χ1) is 17.2. The summed E-state index contributed by atoms with van der Waals surface area (Å²) in [6.45, 7) is 12.9. The van der Waals surface area contributed by atoms with Gasteiger partial charge in [-0.15, -0.1) is 5.10 Å². The molecule has 3 heterocycles. The lowest BCUT2D eigenvalue weighted by Gasteiger charge is -2.22. The minimum absolute atomic E-state index is 0.0228. The van der Waals surface area contributed by atoms with Crippen LogP contribution in [-0.2, 0) is 4.79 Å². The number of carbonyl (C=O) groups is 1. The second-order valence-corrected chi connectivity index (χ2v) is 11.9. The molecule has 0 radical (unpaired) electrons. The van der Waals surface area contributed by atoms with E-state index in [1.807, 2.05) is 16.5 Å². The molecule has 3 aromatic rings. The first-order valence-electron chi connectivity index (χ1n) is 13.1. The van der Waals surface area contributed by atoms with Crippen LogP contribution >= 0.6 is 11.3 Å². The van der Waals surface area contributed by atoms with Gasteiger partial charge in [0.2, 0.25) is 16.0 Å². The number of benzene rings is 1. The first-order valence-corrected chi connectivity index (χ1v) is 14.0. The zero-order valence-electron chi connectivity index (χ0n) is 22.4. The zero-order valence-corrected chi connectivity index (χ0v) is 23.2. The fourth-order valence-corrected chi connectivity index (χ4v) is 5.36. The van der Waals surface area contributed by atoms with Crippen LogP contribution in [0, 0.1) is 6.92 Å². The number of imidazole rings is 1. The van der Waals surface area contributed by atoms with Gasteiger partial charge in [0.15, 0.2) is 5.82 Å². The summed E-state index contributed by atoms with van der Waals surface area (Å²) in [4.78, 5) is 22.7. The predicted octanol–water partition coefficient (Wildman–Crippen LogP) is 4.80. The minimum atomic E-state index is -0.154. The highest BCUT2D eigenvalue weighted by Gasteiger charge is 2.23. The van der Waals surface area contributed by atoms with Crippen molar-refractivity contribution in [3.8, 4) is 11.3 Å². The van der Waals surface area contributed by atoms with Crippen LogP contribution in [0.4, 0.5) is 10.9 Å². The number of nitrogens with one attached hydrogen (secondary N) is 2. The molecule has 1 aliphatic rings. The maximum Gasteiger partial charge on any atom is 0.239 e. The van der Waals surface area contributed by atoms with Gasteiger partial charge in [-0.2, -0.15) is 4.52 Å². The van der Waals surface area contributed by atoms with Crippen molar-refractivity contribution in [2.24, 2.45) is 0 Å². The van der Waals surface area contributed by atoms with Crippen molar-refractivity contribution < 1.29 is 4.79 Å². The number of aryl methyl sites for hydroxylation is 1. The lowest BCUT2D eigenvalue weighted by Crippen LogP contribution is -2.37. The van der Waals surface area contributed by atoms with Crippen LogP contribution in [0.2, 0.25) is 0 Å². The molecule has 4 rings (SSSR count). The summed E-state index contributed by atoms with van der Waals surface area (Å²) in [5.74, 6) is 0.893. The standard InChI is InChI=1S/C27H41N7OS/c1-20-11-13-21(14-12-20)23-24(30-27(2,3)4)34-25(29-23)36-26(31-34)32(5)19-22(35)28-15-10-18-33-16-8-6-7-9-17-33/h11-14,30H,6-10,15-19H2,1-5H3,(H,28,35). The molecular formula is C27H41N7OS. The number of hydrogen-bond acceptors (Lipinski definition) is 7. The molecule has 9 heteroatoms. The van der Waals surface area contributed by atoms with E-state index in [-0.39, 0.29) is 18.0 Å². The Morgan fingerprint density at radius 3 is 2.47 bits per heavy atom. The molecule has 0 saturated carbocycles. The second-order valence-electron chi connectivity index (χ2n) is 10.9. The Bertz CT molecular complexity index is 1140. The van der Waals surface area contributed by atoms with E-state index < -0.39 is 0 Å². The molecule has 1 saturated heterocycles. The van der Waals surface area contributed by atoms with Gasteiger partial charge in [0.25, 0.3) is 0 Å². The summed E-state index contributed by atoms with van der Waals surface area (Å²) in [5.41, 5.74) is 3.00. The maximum atomic E-state index is 12.6. The second kappa shape index (κ2) is 11.6. The van der Waals surface area contributed by atoms with Gasteiger partial charge in [-0.05, 0) is 66.6 Å². The lowest BCUT2D eigenvalue weighted by atomic mass is 10.1. The molecule has 0 unspecified atom stereocenters. The number of likely N-dealkylation sites (tertiary alicyclic amines) is 1. The fourth-order valence-electron chi connectivity index (χ4n) is 4.50. The predicted molar refractivity (Wildman–Crippen MR) is 150 cm³/mol. The maximum absolute atomic E-state index is 12.6. The molecule has 8 nitrogen and oxygen atoms in total. The number of fused-ring (bicyclic) bond motifs is 1. The van der Waals surface area contributed by atoms with Crippen molar-refractivity contribution in [3.63, 3.8) is 0 Å². The number of carbonyl (C=O) groups excluding carboxylic acids is 1. The fraction of sp³-hybridized carbons (Fsp3) is 0.593. The van der Waals surface area contributed by atoms with Crippen molar-refractivity contribution in [1.82, 2.24) is 24.8 Å². The Morgan fingerprint density at radius 2 is 1.81 bits per heavy atom. The Kier molecular flexibility index (Phi) is 8.51. The summed E-state index contributed by atoms with van der Waals surface area (Å²) < 4.78 is 1.87. The van der Waals surface area contributed by atoms with Crippen molar-refractivity contribution >= 4 is 33.2 Å². The molecule has 0 spiro atoms. The van der Waals surface area contributed by atoms with Crippen LogP contribution in [0.3, 0.4) is 0 Å². The van der Waals surface area contributed by atoms with E-state index in [9.17, 15) is 4.79 Å². The van der Waals surface area contributed by atoms with E-state index in [0.29, 0.717) is 6.54 Å². The van der Waals surface area contributed by atoms with E-state index in [0.717, 1.165) is 40.1 Å². The van der Waals surface area contributed by atoms with Crippen LogP contribution in [0.15, 0.2) is 24.3 Å². The third-order valence-electron chi connectivity index (χ3n) is 6.39. The van der Waals surface area contributed by atoms with Gasteiger partial charge >= 0.3 is 0 Å². The van der Waals surface area contributed by atoms with Crippen molar-refractivity contribution in [1.29, 1.82) is 0 Å². The number of hydrogen-bond donors (Lipinski definition) is 2. The van der Waals surface area contributed by atoms with Crippen LogP contribution in [0.1, 0.15) is 58.4 Å². The number of nitrogens with zero attached hydrogens (tertiary/aromatic N) is 5. The number of anilines is 2. The SMILES string of the molecule is Cc1ccc(-c2nc3sc(N(C)CC(=O)NCCCN4CCCCCC4)nn3c2NC(C)(C)C)cc1. The summed E-state index contributed by atoms with van der Waals surface area (Å²) in [5, 5.41) is 12.3. The van der Waals surface area contributed by atoms with Crippen molar-refractivity contribution in [2.75, 3.05) is 50.0 Å². The highest BCUT2D eigenvalue weighted by Crippen LogP contribution is 2.34. The largest absolute Gasteiger partial charge is 0.364 e. The minimum Gasteiger partial charge on any atom is -0.364 e. The van der Waals surface area contributed by atoms with Crippen LogP contribution < -0.4 is 15.5 Å². The molecule has 2 aromatic heterocycles. The van der Waals surface area contributed by atoms with Gasteiger partial charge in [-0.3, -0.25) is 4.79 Å². The Balaban J connectivity index is 1.39. The normalized spacial score (nSPS) is 15.1. The van der Waals surface area contributed by atoms with Gasteiger partial charge < -0.3 is 20.4 Å².